The second kappa shape index (κ2) is 9.66. The molecule has 0 aliphatic carbocycles. The largest absolute Gasteiger partial charge is 0.352 e. The van der Waals surface area contributed by atoms with Gasteiger partial charge in [0.25, 0.3) is 0 Å². The zero-order valence-corrected chi connectivity index (χ0v) is 14.8. The second-order valence-electron chi connectivity index (χ2n) is 4.85. The smallest absolute Gasteiger partial charge is 0.244 e. The second-order valence-corrected chi connectivity index (χ2v) is 6.83. The van der Waals surface area contributed by atoms with Crippen molar-refractivity contribution in [3.63, 3.8) is 0 Å². The van der Waals surface area contributed by atoms with Gasteiger partial charge in [0, 0.05) is 34.2 Å². The number of halogens is 2. The van der Waals surface area contributed by atoms with E-state index in [9.17, 15) is 4.79 Å². The van der Waals surface area contributed by atoms with E-state index in [-0.39, 0.29) is 5.91 Å². The lowest BCUT2D eigenvalue weighted by molar-refractivity contribution is -0.116. The van der Waals surface area contributed by atoms with Crippen LogP contribution in [-0.4, -0.2) is 18.2 Å². The first-order chi connectivity index (χ1) is 11.1. The molecule has 0 radical (unpaired) electrons. The standard InChI is InChI=1S/C18H17Cl2NOS/c19-16-6-1-14(2-7-16)5-10-18(22)21-11-12-23-13-15-3-8-17(20)9-4-15/h1-10H,11-13H2,(H,21,22)/b10-5+. The summed E-state index contributed by atoms with van der Waals surface area (Å²) in [5.74, 6) is 1.68. The molecule has 5 heteroatoms. The van der Waals surface area contributed by atoms with E-state index >= 15 is 0 Å². The average molecular weight is 366 g/mol. The van der Waals surface area contributed by atoms with E-state index in [1.807, 2.05) is 36.4 Å². The highest BCUT2D eigenvalue weighted by molar-refractivity contribution is 7.98. The fraction of sp³-hybridized carbons (Fsp3) is 0.167. The van der Waals surface area contributed by atoms with Crippen LogP contribution in [0.4, 0.5) is 0 Å². The molecule has 0 atom stereocenters. The summed E-state index contributed by atoms with van der Waals surface area (Å²) in [5, 5.41) is 4.30. The number of rotatable bonds is 7. The van der Waals surface area contributed by atoms with Gasteiger partial charge in [0.2, 0.25) is 5.91 Å². The zero-order chi connectivity index (χ0) is 16.5. The van der Waals surface area contributed by atoms with E-state index in [0.717, 1.165) is 22.1 Å². The SMILES string of the molecule is O=C(/C=C/c1ccc(Cl)cc1)NCCSCc1ccc(Cl)cc1. The molecular weight excluding hydrogens is 349 g/mol. The molecule has 0 aliphatic rings. The molecule has 120 valence electrons. The molecule has 1 N–H and O–H groups in total. The Bertz CT molecular complexity index is 654. The van der Waals surface area contributed by atoms with Crippen molar-refractivity contribution in [2.24, 2.45) is 0 Å². The van der Waals surface area contributed by atoms with Crippen molar-refractivity contribution in [2.45, 2.75) is 5.75 Å². The molecular formula is C18H17Cl2NOS. The first-order valence-electron chi connectivity index (χ1n) is 7.17. The Morgan fingerprint density at radius 3 is 2.26 bits per heavy atom. The molecule has 0 bridgehead atoms. The number of carbonyl (C=O) groups excluding carboxylic acids is 1. The molecule has 0 unspecified atom stereocenters. The van der Waals surface area contributed by atoms with Gasteiger partial charge in [-0.2, -0.15) is 11.8 Å². The highest BCUT2D eigenvalue weighted by atomic mass is 35.5. The lowest BCUT2D eigenvalue weighted by Gasteiger charge is -2.03. The number of nitrogens with one attached hydrogen (secondary N) is 1. The molecule has 0 fully saturated rings. The fourth-order valence-electron chi connectivity index (χ4n) is 1.82. The molecule has 2 aromatic carbocycles. The predicted octanol–water partition coefficient (Wildman–Crippen LogP) is 5.06. The van der Waals surface area contributed by atoms with E-state index in [1.54, 1.807) is 30.0 Å². The molecule has 0 saturated heterocycles. The molecule has 0 saturated carbocycles. The quantitative estimate of drug-likeness (QED) is 0.548. The number of carbonyl (C=O) groups is 1. The summed E-state index contributed by atoms with van der Waals surface area (Å²) in [6.45, 7) is 0.641. The third-order valence-corrected chi connectivity index (χ3v) is 4.56. The maximum atomic E-state index is 11.7. The van der Waals surface area contributed by atoms with Gasteiger partial charge in [-0.05, 0) is 41.5 Å². The third-order valence-electron chi connectivity index (χ3n) is 3.02. The van der Waals surface area contributed by atoms with Crippen LogP contribution in [0.3, 0.4) is 0 Å². The van der Waals surface area contributed by atoms with Crippen LogP contribution in [0.15, 0.2) is 54.6 Å². The van der Waals surface area contributed by atoms with Gasteiger partial charge in [0.1, 0.15) is 0 Å². The highest BCUT2D eigenvalue weighted by Gasteiger charge is 1.97. The summed E-state index contributed by atoms with van der Waals surface area (Å²) < 4.78 is 0. The first-order valence-corrected chi connectivity index (χ1v) is 9.08. The van der Waals surface area contributed by atoms with Gasteiger partial charge in [0.15, 0.2) is 0 Å². The van der Waals surface area contributed by atoms with Gasteiger partial charge in [-0.15, -0.1) is 0 Å². The van der Waals surface area contributed by atoms with Crippen LogP contribution in [0.25, 0.3) is 6.08 Å². The summed E-state index contributed by atoms with van der Waals surface area (Å²) >= 11 is 13.4. The van der Waals surface area contributed by atoms with Crippen LogP contribution in [0.2, 0.25) is 10.0 Å². The number of hydrogen-bond acceptors (Lipinski definition) is 2. The number of hydrogen-bond donors (Lipinski definition) is 1. The molecule has 23 heavy (non-hydrogen) atoms. The molecule has 2 nitrogen and oxygen atoms in total. The van der Waals surface area contributed by atoms with E-state index in [4.69, 9.17) is 23.2 Å². The van der Waals surface area contributed by atoms with Crippen molar-refractivity contribution in [1.82, 2.24) is 5.32 Å². The van der Waals surface area contributed by atoms with E-state index in [0.29, 0.717) is 11.6 Å². The maximum Gasteiger partial charge on any atom is 0.244 e. The number of thioether (sulfide) groups is 1. The monoisotopic (exact) mass is 365 g/mol. The summed E-state index contributed by atoms with van der Waals surface area (Å²) in [6.07, 6.45) is 3.31. The summed E-state index contributed by atoms with van der Waals surface area (Å²) in [4.78, 5) is 11.7. The first kappa shape index (κ1) is 17.9. The van der Waals surface area contributed by atoms with Crippen LogP contribution in [0.1, 0.15) is 11.1 Å². The minimum absolute atomic E-state index is 0.0907. The summed E-state index contributed by atoms with van der Waals surface area (Å²) in [5.41, 5.74) is 2.18. The third kappa shape index (κ3) is 7.12. The maximum absolute atomic E-state index is 11.7. The topological polar surface area (TPSA) is 29.1 Å². The van der Waals surface area contributed by atoms with Crippen LogP contribution >= 0.6 is 35.0 Å². The lowest BCUT2D eigenvalue weighted by atomic mass is 10.2. The Kier molecular flexibility index (Phi) is 7.53. The zero-order valence-electron chi connectivity index (χ0n) is 12.5. The van der Waals surface area contributed by atoms with Gasteiger partial charge in [-0.3, -0.25) is 4.79 Å². The Morgan fingerprint density at radius 2 is 1.61 bits per heavy atom. The number of benzene rings is 2. The molecule has 2 rings (SSSR count). The van der Waals surface area contributed by atoms with Crippen molar-refractivity contribution >= 4 is 46.9 Å². The lowest BCUT2D eigenvalue weighted by Crippen LogP contribution is -2.23. The Hall–Kier alpha value is -1.42. The molecule has 1 amide bonds. The van der Waals surface area contributed by atoms with Crippen LogP contribution < -0.4 is 5.32 Å². The Balaban J connectivity index is 1.63. The molecule has 0 aromatic heterocycles. The van der Waals surface area contributed by atoms with Gasteiger partial charge >= 0.3 is 0 Å². The predicted molar refractivity (Wildman–Crippen MR) is 101 cm³/mol. The summed E-state index contributed by atoms with van der Waals surface area (Å²) in [7, 11) is 0. The Labute approximate surface area is 150 Å². The molecule has 0 heterocycles. The van der Waals surface area contributed by atoms with Gasteiger partial charge in [0.05, 0.1) is 0 Å². The van der Waals surface area contributed by atoms with Crippen LogP contribution in [0, 0.1) is 0 Å². The van der Waals surface area contributed by atoms with Crippen molar-refractivity contribution in [3.05, 3.63) is 75.8 Å². The Morgan fingerprint density at radius 1 is 1.00 bits per heavy atom. The van der Waals surface area contributed by atoms with Crippen molar-refractivity contribution in [3.8, 4) is 0 Å². The highest BCUT2D eigenvalue weighted by Crippen LogP contribution is 2.15. The fourth-order valence-corrected chi connectivity index (χ4v) is 2.89. The minimum atomic E-state index is -0.0907. The van der Waals surface area contributed by atoms with E-state index in [2.05, 4.69) is 5.32 Å². The average Bonchev–Trinajstić information content (AvgIpc) is 2.56. The van der Waals surface area contributed by atoms with E-state index < -0.39 is 0 Å². The normalized spacial score (nSPS) is 10.9. The van der Waals surface area contributed by atoms with E-state index in [1.165, 1.54) is 11.6 Å². The van der Waals surface area contributed by atoms with Gasteiger partial charge in [-0.25, -0.2) is 0 Å². The van der Waals surface area contributed by atoms with Gasteiger partial charge in [-0.1, -0.05) is 47.5 Å². The van der Waals surface area contributed by atoms with Crippen LogP contribution in [-0.2, 0) is 10.5 Å². The summed E-state index contributed by atoms with van der Waals surface area (Å²) in [6, 6.07) is 15.1. The molecule has 2 aromatic rings. The molecule has 0 spiro atoms. The van der Waals surface area contributed by atoms with Crippen molar-refractivity contribution in [2.75, 3.05) is 12.3 Å². The van der Waals surface area contributed by atoms with Crippen molar-refractivity contribution < 1.29 is 4.79 Å². The van der Waals surface area contributed by atoms with Crippen molar-refractivity contribution in [1.29, 1.82) is 0 Å². The minimum Gasteiger partial charge on any atom is -0.352 e. The van der Waals surface area contributed by atoms with Gasteiger partial charge < -0.3 is 5.32 Å². The number of amides is 1. The molecule has 0 aliphatic heterocycles. The van der Waals surface area contributed by atoms with Crippen LogP contribution in [0.5, 0.6) is 0 Å².